The third-order valence-electron chi connectivity index (χ3n) is 4.24. The highest BCUT2D eigenvalue weighted by Crippen LogP contribution is 2.37. The predicted molar refractivity (Wildman–Crippen MR) is 129 cm³/mol. The van der Waals surface area contributed by atoms with Crippen molar-refractivity contribution in [1.82, 2.24) is 4.90 Å². The lowest BCUT2D eigenvalue weighted by atomic mass is 10.1. The second-order valence-corrected chi connectivity index (χ2v) is 9.35. The number of nitrogens with zero attached hydrogens (tertiary/aromatic N) is 1. The number of imide groups is 1. The summed E-state index contributed by atoms with van der Waals surface area (Å²) in [6.07, 6.45) is 1.70. The van der Waals surface area contributed by atoms with Crippen molar-refractivity contribution in [2.45, 2.75) is 6.61 Å². The summed E-state index contributed by atoms with van der Waals surface area (Å²) in [6.45, 7) is 0.945. The molecule has 1 aliphatic rings. The van der Waals surface area contributed by atoms with E-state index in [1.54, 1.807) is 19.3 Å². The first kappa shape index (κ1) is 23.1. The van der Waals surface area contributed by atoms with Gasteiger partial charge in [-0.25, -0.2) is 0 Å². The van der Waals surface area contributed by atoms with Gasteiger partial charge in [-0.05, 0) is 75.8 Å². The molecule has 2 aromatic carbocycles. The number of carbonyl (C=O) groups excluding carboxylic acids is 2. The monoisotopic (exact) mass is 603 g/mol. The van der Waals surface area contributed by atoms with E-state index in [4.69, 9.17) is 14.2 Å². The molecule has 158 valence electrons. The lowest BCUT2D eigenvalue weighted by Gasteiger charge is -2.14. The molecule has 6 nitrogen and oxygen atoms in total. The summed E-state index contributed by atoms with van der Waals surface area (Å²) in [5.41, 5.74) is 1.79. The zero-order valence-electron chi connectivity index (χ0n) is 16.3. The van der Waals surface area contributed by atoms with E-state index in [1.165, 1.54) is 12.0 Å². The fraction of sp³-hybridized carbons (Fsp3) is 0.238. The number of amides is 2. The van der Waals surface area contributed by atoms with Gasteiger partial charge in [0.2, 0.25) is 0 Å². The van der Waals surface area contributed by atoms with Gasteiger partial charge >= 0.3 is 0 Å². The van der Waals surface area contributed by atoms with Crippen LogP contribution in [0.2, 0.25) is 0 Å². The molecular weight excluding hydrogens is 585 g/mol. The van der Waals surface area contributed by atoms with Crippen LogP contribution in [0.3, 0.4) is 0 Å². The molecule has 0 N–H and O–H groups in total. The molecule has 30 heavy (non-hydrogen) atoms. The smallest absolute Gasteiger partial charge is 0.293 e. The second kappa shape index (κ2) is 10.7. The molecule has 0 aromatic heterocycles. The van der Waals surface area contributed by atoms with E-state index in [0.29, 0.717) is 29.6 Å². The molecule has 0 aliphatic carbocycles. The van der Waals surface area contributed by atoms with E-state index in [2.05, 4.69) is 38.5 Å². The molecule has 1 saturated heterocycles. The maximum absolute atomic E-state index is 12.5. The van der Waals surface area contributed by atoms with Gasteiger partial charge in [0.25, 0.3) is 11.1 Å². The number of hydrogen-bond acceptors (Lipinski definition) is 6. The van der Waals surface area contributed by atoms with Crippen LogP contribution in [0.1, 0.15) is 11.1 Å². The van der Waals surface area contributed by atoms with E-state index >= 15 is 0 Å². The molecular formula is C21H19BrINO5S. The lowest BCUT2D eigenvalue weighted by Crippen LogP contribution is -2.31. The van der Waals surface area contributed by atoms with Gasteiger partial charge in [-0.2, -0.15) is 0 Å². The first-order valence-corrected chi connectivity index (χ1v) is 11.6. The quantitative estimate of drug-likeness (QED) is 0.300. The Balaban J connectivity index is 1.79. The normalized spacial score (nSPS) is 15.2. The zero-order valence-corrected chi connectivity index (χ0v) is 20.9. The Labute approximate surface area is 201 Å². The Bertz CT molecular complexity index is 980. The Morgan fingerprint density at radius 2 is 1.90 bits per heavy atom. The average Bonchev–Trinajstić information content (AvgIpc) is 2.99. The van der Waals surface area contributed by atoms with Crippen molar-refractivity contribution in [2.24, 2.45) is 0 Å². The number of thioether (sulfide) groups is 1. The van der Waals surface area contributed by atoms with Gasteiger partial charge in [-0.3, -0.25) is 14.5 Å². The molecule has 0 bridgehead atoms. The highest BCUT2D eigenvalue weighted by Gasteiger charge is 2.34. The number of ether oxygens (including phenoxy) is 3. The van der Waals surface area contributed by atoms with Crippen molar-refractivity contribution >= 4 is 67.5 Å². The SMILES string of the molecule is COCCN1C(=O)S/C(=C/c2cc(I)c(OCc3ccc(Br)cc3)c(OC)c2)C1=O. The van der Waals surface area contributed by atoms with Crippen molar-refractivity contribution < 1.29 is 23.8 Å². The van der Waals surface area contributed by atoms with Crippen LogP contribution in [0.4, 0.5) is 4.79 Å². The van der Waals surface area contributed by atoms with Crippen molar-refractivity contribution in [3.63, 3.8) is 0 Å². The summed E-state index contributed by atoms with van der Waals surface area (Å²) in [4.78, 5) is 26.2. The fourth-order valence-corrected chi connectivity index (χ4v) is 4.64. The van der Waals surface area contributed by atoms with Crippen molar-refractivity contribution in [3.05, 3.63) is 60.5 Å². The van der Waals surface area contributed by atoms with E-state index in [9.17, 15) is 9.59 Å². The van der Waals surface area contributed by atoms with Gasteiger partial charge in [-0.1, -0.05) is 28.1 Å². The molecule has 0 radical (unpaired) electrons. The lowest BCUT2D eigenvalue weighted by molar-refractivity contribution is -0.123. The molecule has 1 aliphatic heterocycles. The van der Waals surface area contributed by atoms with Crippen LogP contribution < -0.4 is 9.47 Å². The summed E-state index contributed by atoms with van der Waals surface area (Å²) >= 11 is 6.52. The molecule has 3 rings (SSSR count). The van der Waals surface area contributed by atoms with Gasteiger partial charge in [0.15, 0.2) is 11.5 Å². The fourth-order valence-electron chi connectivity index (χ4n) is 2.73. The first-order valence-electron chi connectivity index (χ1n) is 8.92. The van der Waals surface area contributed by atoms with Gasteiger partial charge in [0.05, 0.1) is 28.7 Å². The number of methoxy groups -OCH3 is 2. The Morgan fingerprint density at radius 1 is 1.17 bits per heavy atom. The molecule has 9 heteroatoms. The van der Waals surface area contributed by atoms with Crippen LogP contribution in [-0.2, 0) is 16.1 Å². The minimum absolute atomic E-state index is 0.238. The third kappa shape index (κ3) is 5.57. The molecule has 1 fully saturated rings. The summed E-state index contributed by atoms with van der Waals surface area (Å²) in [6, 6.07) is 11.6. The molecule has 0 spiro atoms. The molecule has 2 aromatic rings. The highest BCUT2D eigenvalue weighted by molar-refractivity contribution is 14.1. The maximum atomic E-state index is 12.5. The topological polar surface area (TPSA) is 65.1 Å². The highest BCUT2D eigenvalue weighted by atomic mass is 127. The van der Waals surface area contributed by atoms with Crippen LogP contribution in [-0.4, -0.2) is 43.4 Å². The minimum atomic E-state index is -0.313. The number of carbonyl (C=O) groups is 2. The van der Waals surface area contributed by atoms with Crippen molar-refractivity contribution in [2.75, 3.05) is 27.4 Å². The maximum Gasteiger partial charge on any atom is 0.293 e. The number of halogens is 2. The van der Waals surface area contributed by atoms with Crippen LogP contribution >= 0.6 is 50.3 Å². The number of rotatable bonds is 8. The van der Waals surface area contributed by atoms with E-state index < -0.39 is 0 Å². The second-order valence-electron chi connectivity index (χ2n) is 6.28. The Hall–Kier alpha value is -1.56. The standard InChI is InChI=1S/C21H19BrINO5S/c1-27-8-7-24-20(25)18(30-21(24)26)11-14-9-16(23)19(17(10-14)28-2)29-12-13-3-5-15(22)6-4-13/h3-6,9-11H,7-8,12H2,1-2H3/b18-11+. The van der Waals surface area contributed by atoms with Crippen LogP contribution in [0.15, 0.2) is 45.8 Å². The van der Waals surface area contributed by atoms with Crippen LogP contribution in [0, 0.1) is 3.57 Å². The average molecular weight is 604 g/mol. The van der Waals surface area contributed by atoms with Crippen LogP contribution in [0.5, 0.6) is 11.5 Å². The summed E-state index contributed by atoms with van der Waals surface area (Å²) in [5.74, 6) is 0.877. The summed E-state index contributed by atoms with van der Waals surface area (Å²) in [5, 5.41) is -0.292. The predicted octanol–water partition coefficient (Wildman–Crippen LogP) is 5.32. The summed E-state index contributed by atoms with van der Waals surface area (Å²) in [7, 11) is 3.10. The van der Waals surface area contributed by atoms with Gasteiger partial charge < -0.3 is 14.2 Å². The van der Waals surface area contributed by atoms with Gasteiger partial charge in [0, 0.05) is 11.6 Å². The summed E-state index contributed by atoms with van der Waals surface area (Å²) < 4.78 is 18.3. The largest absolute Gasteiger partial charge is 0.493 e. The van der Waals surface area contributed by atoms with E-state index in [1.807, 2.05) is 30.3 Å². The third-order valence-corrected chi connectivity index (χ3v) is 6.48. The molecule has 2 amide bonds. The van der Waals surface area contributed by atoms with Gasteiger partial charge in [0.1, 0.15) is 6.61 Å². The molecule has 1 heterocycles. The zero-order chi connectivity index (χ0) is 21.7. The molecule has 0 unspecified atom stereocenters. The molecule has 0 saturated carbocycles. The molecule has 0 atom stereocenters. The van der Waals surface area contributed by atoms with Crippen molar-refractivity contribution in [1.29, 1.82) is 0 Å². The van der Waals surface area contributed by atoms with Crippen LogP contribution in [0.25, 0.3) is 6.08 Å². The van der Waals surface area contributed by atoms with Crippen molar-refractivity contribution in [3.8, 4) is 11.5 Å². The first-order chi connectivity index (χ1) is 14.4. The number of benzene rings is 2. The minimum Gasteiger partial charge on any atom is -0.493 e. The van der Waals surface area contributed by atoms with E-state index in [-0.39, 0.29) is 17.7 Å². The van der Waals surface area contributed by atoms with Gasteiger partial charge in [-0.15, -0.1) is 0 Å². The Morgan fingerprint density at radius 3 is 2.57 bits per heavy atom. The number of hydrogen-bond donors (Lipinski definition) is 0. The van der Waals surface area contributed by atoms with E-state index in [0.717, 1.165) is 30.9 Å². The Kier molecular flexibility index (Phi) is 8.20.